The van der Waals surface area contributed by atoms with Gasteiger partial charge in [0.2, 0.25) is 5.91 Å². The van der Waals surface area contributed by atoms with Crippen LogP contribution in [-0.2, 0) is 17.8 Å². The summed E-state index contributed by atoms with van der Waals surface area (Å²) < 4.78 is 1.50. The van der Waals surface area contributed by atoms with Gasteiger partial charge in [0.05, 0.1) is 5.69 Å². The summed E-state index contributed by atoms with van der Waals surface area (Å²) in [4.78, 5) is 22.0. The van der Waals surface area contributed by atoms with Crippen LogP contribution < -0.4 is 11.1 Å². The maximum Gasteiger partial charge on any atom is 0.358 e. The average molecular weight is 255 g/mol. The lowest BCUT2D eigenvalue weighted by atomic mass is 10.2. The first-order chi connectivity index (χ1) is 8.60. The van der Waals surface area contributed by atoms with Crippen molar-refractivity contribution in [2.45, 2.75) is 25.8 Å². The van der Waals surface area contributed by atoms with Crippen LogP contribution in [0.4, 0.5) is 0 Å². The number of amides is 1. The van der Waals surface area contributed by atoms with Gasteiger partial charge < -0.3 is 16.2 Å². The number of nitrogens with two attached hydrogens (primary N) is 1. The zero-order valence-corrected chi connectivity index (χ0v) is 10.2. The Labute approximate surface area is 104 Å². The van der Waals surface area contributed by atoms with Crippen molar-refractivity contribution in [2.75, 3.05) is 13.6 Å². The largest absolute Gasteiger partial charge is 0.476 e. The Morgan fingerprint density at radius 1 is 1.50 bits per heavy atom. The molecule has 8 heteroatoms. The Hall–Kier alpha value is -1.96. The summed E-state index contributed by atoms with van der Waals surface area (Å²) >= 11 is 0. The second kappa shape index (κ2) is 6.70. The van der Waals surface area contributed by atoms with Crippen LogP contribution in [-0.4, -0.2) is 45.6 Å². The molecule has 8 nitrogen and oxygen atoms in total. The highest BCUT2D eigenvalue weighted by molar-refractivity contribution is 5.86. The fraction of sp³-hybridized carbons (Fsp3) is 0.600. The number of hydrogen-bond acceptors (Lipinski definition) is 5. The molecule has 0 atom stereocenters. The highest BCUT2D eigenvalue weighted by Gasteiger charge is 2.17. The average Bonchev–Trinajstić information content (AvgIpc) is 2.73. The van der Waals surface area contributed by atoms with Crippen molar-refractivity contribution in [1.29, 1.82) is 0 Å². The highest BCUT2D eigenvalue weighted by Crippen LogP contribution is 2.07. The van der Waals surface area contributed by atoms with Gasteiger partial charge >= 0.3 is 5.97 Å². The third kappa shape index (κ3) is 3.52. The quantitative estimate of drug-likeness (QED) is 0.574. The Balaban J connectivity index is 2.70. The summed E-state index contributed by atoms with van der Waals surface area (Å²) in [5.74, 6) is -1.18. The van der Waals surface area contributed by atoms with E-state index in [0.29, 0.717) is 38.0 Å². The van der Waals surface area contributed by atoms with E-state index >= 15 is 0 Å². The number of nitrogens with zero attached hydrogens (tertiary/aromatic N) is 3. The number of carbonyl (C=O) groups is 2. The van der Waals surface area contributed by atoms with Crippen molar-refractivity contribution < 1.29 is 14.7 Å². The standard InChI is InChI=1S/C10H17N5O3/c1-12-8(16)3-2-6-15-7(4-5-11)9(10(17)18)13-14-15/h2-6,11H2,1H3,(H,12,16)(H,17,18). The smallest absolute Gasteiger partial charge is 0.358 e. The van der Waals surface area contributed by atoms with Gasteiger partial charge in [-0.1, -0.05) is 5.21 Å². The number of aromatic carboxylic acids is 1. The number of carbonyl (C=O) groups excluding carboxylic acids is 1. The van der Waals surface area contributed by atoms with Crippen LogP contribution in [0.15, 0.2) is 0 Å². The number of aryl methyl sites for hydroxylation is 1. The van der Waals surface area contributed by atoms with E-state index in [1.807, 2.05) is 0 Å². The predicted molar refractivity (Wildman–Crippen MR) is 63.0 cm³/mol. The Bertz CT molecular complexity index is 429. The molecule has 0 aliphatic heterocycles. The Morgan fingerprint density at radius 2 is 2.22 bits per heavy atom. The van der Waals surface area contributed by atoms with Crippen molar-refractivity contribution in [1.82, 2.24) is 20.3 Å². The van der Waals surface area contributed by atoms with Crippen LogP contribution in [0, 0.1) is 0 Å². The van der Waals surface area contributed by atoms with E-state index < -0.39 is 5.97 Å². The second-order valence-electron chi connectivity index (χ2n) is 3.73. The van der Waals surface area contributed by atoms with Crippen molar-refractivity contribution in [3.8, 4) is 0 Å². The topological polar surface area (TPSA) is 123 Å². The minimum absolute atomic E-state index is 0.0612. The maximum absolute atomic E-state index is 11.1. The molecule has 4 N–H and O–H groups in total. The molecule has 0 aliphatic rings. The van der Waals surface area contributed by atoms with E-state index in [1.165, 1.54) is 4.68 Å². The van der Waals surface area contributed by atoms with Gasteiger partial charge in [-0.15, -0.1) is 5.10 Å². The molecule has 1 amide bonds. The summed E-state index contributed by atoms with van der Waals surface area (Å²) in [5, 5.41) is 18.8. The highest BCUT2D eigenvalue weighted by atomic mass is 16.4. The van der Waals surface area contributed by atoms with Crippen molar-refractivity contribution >= 4 is 11.9 Å². The third-order valence-electron chi connectivity index (χ3n) is 2.47. The molecule has 0 spiro atoms. The molecule has 1 heterocycles. The summed E-state index contributed by atoms with van der Waals surface area (Å²) in [6, 6.07) is 0. The number of carboxylic acids is 1. The molecule has 0 bridgehead atoms. The SMILES string of the molecule is CNC(=O)CCCn1nnc(C(=O)O)c1CCN. The maximum atomic E-state index is 11.1. The van der Waals surface area contributed by atoms with Crippen molar-refractivity contribution in [3.63, 3.8) is 0 Å². The normalized spacial score (nSPS) is 10.3. The molecule has 0 saturated carbocycles. The second-order valence-corrected chi connectivity index (χ2v) is 3.73. The number of nitrogens with one attached hydrogen (secondary N) is 1. The van der Waals surface area contributed by atoms with Crippen LogP contribution in [0.25, 0.3) is 0 Å². The van der Waals surface area contributed by atoms with Gasteiger partial charge in [0.1, 0.15) is 0 Å². The van der Waals surface area contributed by atoms with Crippen LogP contribution in [0.5, 0.6) is 0 Å². The Morgan fingerprint density at radius 3 is 2.78 bits per heavy atom. The van der Waals surface area contributed by atoms with Gasteiger partial charge in [0.15, 0.2) is 5.69 Å². The first kappa shape index (κ1) is 14.1. The van der Waals surface area contributed by atoms with Crippen LogP contribution >= 0.6 is 0 Å². The van der Waals surface area contributed by atoms with Gasteiger partial charge in [0, 0.05) is 26.4 Å². The fourth-order valence-corrected chi connectivity index (χ4v) is 1.58. The summed E-state index contributed by atoms with van der Waals surface area (Å²) in [5.41, 5.74) is 5.86. The molecule has 100 valence electrons. The molecule has 0 saturated heterocycles. The molecular weight excluding hydrogens is 238 g/mol. The van der Waals surface area contributed by atoms with Crippen LogP contribution in [0.1, 0.15) is 29.0 Å². The number of rotatable bonds is 7. The van der Waals surface area contributed by atoms with E-state index in [2.05, 4.69) is 15.6 Å². The minimum atomic E-state index is -1.11. The fourth-order valence-electron chi connectivity index (χ4n) is 1.58. The number of carboxylic acid groups (broad SMARTS) is 1. The monoisotopic (exact) mass is 255 g/mol. The summed E-state index contributed by atoms with van der Waals surface area (Å²) in [6.07, 6.45) is 1.33. The van der Waals surface area contributed by atoms with Gasteiger partial charge in [0.25, 0.3) is 0 Å². The zero-order valence-electron chi connectivity index (χ0n) is 10.2. The van der Waals surface area contributed by atoms with E-state index in [-0.39, 0.29) is 11.6 Å². The lowest BCUT2D eigenvalue weighted by Crippen LogP contribution is -2.19. The molecule has 0 unspecified atom stereocenters. The van der Waals surface area contributed by atoms with E-state index in [9.17, 15) is 9.59 Å². The number of aromatic nitrogens is 3. The molecule has 1 aromatic rings. The lowest BCUT2D eigenvalue weighted by Gasteiger charge is -2.05. The first-order valence-electron chi connectivity index (χ1n) is 5.66. The molecule has 18 heavy (non-hydrogen) atoms. The molecule has 1 aromatic heterocycles. The minimum Gasteiger partial charge on any atom is -0.476 e. The van der Waals surface area contributed by atoms with E-state index in [1.54, 1.807) is 7.05 Å². The van der Waals surface area contributed by atoms with Gasteiger partial charge in [-0.25, -0.2) is 9.48 Å². The molecule has 0 fully saturated rings. The zero-order chi connectivity index (χ0) is 13.5. The lowest BCUT2D eigenvalue weighted by molar-refractivity contribution is -0.120. The van der Waals surface area contributed by atoms with Crippen LogP contribution in [0.2, 0.25) is 0 Å². The van der Waals surface area contributed by atoms with Crippen LogP contribution in [0.3, 0.4) is 0 Å². The predicted octanol–water partition coefficient (Wildman–Crippen LogP) is -0.996. The molecule has 0 aromatic carbocycles. The van der Waals surface area contributed by atoms with Gasteiger partial charge in [-0.3, -0.25) is 4.79 Å². The van der Waals surface area contributed by atoms with Crippen molar-refractivity contribution in [3.05, 3.63) is 11.4 Å². The molecule has 1 rings (SSSR count). The molecule has 0 aliphatic carbocycles. The van der Waals surface area contributed by atoms with Crippen molar-refractivity contribution in [2.24, 2.45) is 5.73 Å². The van der Waals surface area contributed by atoms with E-state index in [0.717, 1.165) is 0 Å². The van der Waals surface area contributed by atoms with E-state index in [4.69, 9.17) is 10.8 Å². The van der Waals surface area contributed by atoms with Gasteiger partial charge in [-0.2, -0.15) is 0 Å². The third-order valence-corrected chi connectivity index (χ3v) is 2.47. The molecule has 0 radical (unpaired) electrons. The first-order valence-corrected chi connectivity index (χ1v) is 5.66. The summed E-state index contributed by atoms with van der Waals surface area (Å²) in [6.45, 7) is 0.770. The Kier molecular flexibility index (Phi) is 5.25. The van der Waals surface area contributed by atoms with Gasteiger partial charge in [-0.05, 0) is 13.0 Å². The summed E-state index contributed by atoms with van der Waals surface area (Å²) in [7, 11) is 1.57. The number of hydrogen-bond donors (Lipinski definition) is 3. The molecular formula is C10H17N5O3.